The van der Waals surface area contributed by atoms with Crippen molar-refractivity contribution < 1.29 is 4.74 Å². The maximum atomic E-state index is 5.54. The highest BCUT2D eigenvalue weighted by molar-refractivity contribution is 7.99. The second-order valence-corrected chi connectivity index (χ2v) is 5.89. The fourth-order valence-corrected chi connectivity index (χ4v) is 2.81. The molecule has 0 aromatic rings. The molecule has 0 amide bonds. The zero-order valence-electron chi connectivity index (χ0n) is 10.1. The van der Waals surface area contributed by atoms with Gasteiger partial charge in [-0.25, -0.2) is 0 Å². The van der Waals surface area contributed by atoms with E-state index in [0.29, 0.717) is 5.92 Å². The van der Waals surface area contributed by atoms with Gasteiger partial charge in [0.25, 0.3) is 0 Å². The molecule has 0 radical (unpaired) electrons. The van der Waals surface area contributed by atoms with Crippen molar-refractivity contribution in [2.24, 2.45) is 5.92 Å². The number of nitrogens with one attached hydrogen (secondary N) is 1. The Balaban J connectivity index is 1.83. The molecule has 1 heterocycles. The van der Waals surface area contributed by atoms with E-state index in [1.54, 1.807) is 0 Å². The molecule has 1 fully saturated rings. The lowest BCUT2D eigenvalue weighted by Crippen LogP contribution is -2.33. The zero-order valence-corrected chi connectivity index (χ0v) is 10.9. The van der Waals surface area contributed by atoms with Gasteiger partial charge in [-0.15, -0.1) is 0 Å². The average Bonchev–Trinajstić information content (AvgIpc) is 2.24. The third kappa shape index (κ3) is 7.20. The molecule has 90 valence electrons. The van der Waals surface area contributed by atoms with Crippen LogP contribution < -0.4 is 5.32 Å². The number of thioether (sulfide) groups is 1. The minimum atomic E-state index is 0.660. The molecule has 0 saturated carbocycles. The highest BCUT2D eigenvalue weighted by atomic mass is 32.2. The Morgan fingerprint density at radius 3 is 2.73 bits per heavy atom. The zero-order chi connectivity index (χ0) is 10.9. The molecule has 0 spiro atoms. The fourth-order valence-electron chi connectivity index (χ4n) is 1.70. The molecule has 0 aromatic carbocycles. The Labute approximate surface area is 98.5 Å². The van der Waals surface area contributed by atoms with Crippen LogP contribution in [0.4, 0.5) is 0 Å². The van der Waals surface area contributed by atoms with Gasteiger partial charge >= 0.3 is 0 Å². The van der Waals surface area contributed by atoms with Gasteiger partial charge in [0.2, 0.25) is 0 Å². The fraction of sp³-hybridized carbons (Fsp3) is 1.00. The van der Waals surface area contributed by atoms with Crippen molar-refractivity contribution in [2.45, 2.75) is 39.2 Å². The van der Waals surface area contributed by atoms with E-state index in [1.165, 1.54) is 24.3 Å². The molecule has 3 heteroatoms. The van der Waals surface area contributed by atoms with Crippen molar-refractivity contribution >= 4 is 11.8 Å². The Hall–Kier alpha value is 0.270. The van der Waals surface area contributed by atoms with Gasteiger partial charge in [0.05, 0.1) is 0 Å². The predicted molar refractivity (Wildman–Crippen MR) is 68.6 cm³/mol. The van der Waals surface area contributed by atoms with Gasteiger partial charge in [-0.2, -0.15) is 11.8 Å². The topological polar surface area (TPSA) is 21.3 Å². The molecule has 1 aliphatic heterocycles. The van der Waals surface area contributed by atoms with Crippen LogP contribution >= 0.6 is 11.8 Å². The first-order valence-electron chi connectivity index (χ1n) is 6.18. The Morgan fingerprint density at radius 2 is 2.07 bits per heavy atom. The summed E-state index contributed by atoms with van der Waals surface area (Å²) in [5.74, 6) is 3.33. The lowest BCUT2D eigenvalue weighted by atomic mass is 10.1. The van der Waals surface area contributed by atoms with Crippen LogP contribution in [0, 0.1) is 5.92 Å². The molecule has 0 unspecified atom stereocenters. The van der Waals surface area contributed by atoms with Gasteiger partial charge in [0, 0.05) is 19.3 Å². The normalized spacial score (nSPS) is 18.6. The SMILES string of the molecule is CC(C)COCCCNC1CCSCC1. The lowest BCUT2D eigenvalue weighted by Gasteiger charge is -2.22. The van der Waals surface area contributed by atoms with Crippen molar-refractivity contribution in [3.8, 4) is 0 Å². The van der Waals surface area contributed by atoms with E-state index in [2.05, 4.69) is 30.9 Å². The van der Waals surface area contributed by atoms with E-state index in [4.69, 9.17) is 4.74 Å². The molecule has 0 bridgehead atoms. The second-order valence-electron chi connectivity index (χ2n) is 4.66. The summed E-state index contributed by atoms with van der Waals surface area (Å²) in [6.07, 6.45) is 3.84. The van der Waals surface area contributed by atoms with E-state index in [1.807, 2.05) is 0 Å². The highest BCUT2D eigenvalue weighted by Crippen LogP contribution is 2.16. The van der Waals surface area contributed by atoms with E-state index in [9.17, 15) is 0 Å². The van der Waals surface area contributed by atoms with E-state index in [0.717, 1.165) is 32.2 Å². The van der Waals surface area contributed by atoms with Gasteiger partial charge in [-0.3, -0.25) is 0 Å². The molecule has 1 aliphatic rings. The second kappa shape index (κ2) is 8.43. The average molecular weight is 231 g/mol. The molecule has 2 nitrogen and oxygen atoms in total. The standard InChI is InChI=1S/C12H25NOS/c1-11(2)10-14-7-3-6-13-12-4-8-15-9-5-12/h11-13H,3-10H2,1-2H3. The largest absolute Gasteiger partial charge is 0.381 e. The minimum absolute atomic E-state index is 0.660. The van der Waals surface area contributed by atoms with Gasteiger partial charge in [-0.1, -0.05) is 13.8 Å². The Kier molecular flexibility index (Phi) is 7.49. The van der Waals surface area contributed by atoms with Crippen molar-refractivity contribution in [3.05, 3.63) is 0 Å². The highest BCUT2D eigenvalue weighted by Gasteiger charge is 2.11. The first kappa shape index (κ1) is 13.3. The van der Waals surface area contributed by atoms with Crippen LogP contribution in [0.1, 0.15) is 33.1 Å². The molecule has 15 heavy (non-hydrogen) atoms. The first-order valence-corrected chi connectivity index (χ1v) is 7.33. The maximum Gasteiger partial charge on any atom is 0.0489 e. The number of hydrogen-bond donors (Lipinski definition) is 1. The molecular weight excluding hydrogens is 206 g/mol. The van der Waals surface area contributed by atoms with E-state index >= 15 is 0 Å². The van der Waals surface area contributed by atoms with Gasteiger partial charge < -0.3 is 10.1 Å². The summed E-state index contributed by atoms with van der Waals surface area (Å²) in [6, 6.07) is 0.774. The monoisotopic (exact) mass is 231 g/mol. The Bertz CT molecular complexity index is 147. The van der Waals surface area contributed by atoms with Crippen LogP contribution in [-0.4, -0.2) is 37.3 Å². The number of hydrogen-bond acceptors (Lipinski definition) is 3. The molecule has 0 aliphatic carbocycles. The molecule has 0 aromatic heterocycles. The molecule has 0 atom stereocenters. The maximum absolute atomic E-state index is 5.54. The molecule has 1 saturated heterocycles. The van der Waals surface area contributed by atoms with Gasteiger partial charge in [0.1, 0.15) is 0 Å². The number of rotatable bonds is 7. The summed E-state index contributed by atoms with van der Waals surface area (Å²) < 4.78 is 5.54. The summed E-state index contributed by atoms with van der Waals surface area (Å²) in [5, 5.41) is 3.62. The first-order chi connectivity index (χ1) is 7.29. The molecule has 1 N–H and O–H groups in total. The van der Waals surface area contributed by atoms with Crippen molar-refractivity contribution in [2.75, 3.05) is 31.3 Å². The van der Waals surface area contributed by atoms with Crippen LogP contribution in [0.3, 0.4) is 0 Å². The molecule has 1 rings (SSSR count). The van der Waals surface area contributed by atoms with Crippen LogP contribution in [0.25, 0.3) is 0 Å². The molecular formula is C12H25NOS. The quantitative estimate of drug-likeness (QED) is 0.680. The van der Waals surface area contributed by atoms with Crippen LogP contribution in [0.15, 0.2) is 0 Å². The minimum Gasteiger partial charge on any atom is -0.381 e. The van der Waals surface area contributed by atoms with Crippen LogP contribution in [0.5, 0.6) is 0 Å². The smallest absolute Gasteiger partial charge is 0.0489 e. The summed E-state index contributed by atoms with van der Waals surface area (Å²) in [7, 11) is 0. The predicted octanol–water partition coefficient (Wildman–Crippen LogP) is 2.53. The lowest BCUT2D eigenvalue weighted by molar-refractivity contribution is 0.107. The van der Waals surface area contributed by atoms with Crippen molar-refractivity contribution in [1.29, 1.82) is 0 Å². The summed E-state index contributed by atoms with van der Waals surface area (Å²) in [5.41, 5.74) is 0. The third-order valence-electron chi connectivity index (χ3n) is 2.57. The van der Waals surface area contributed by atoms with Crippen molar-refractivity contribution in [3.63, 3.8) is 0 Å². The van der Waals surface area contributed by atoms with Crippen LogP contribution in [0.2, 0.25) is 0 Å². The summed E-state index contributed by atoms with van der Waals surface area (Å²) in [6.45, 7) is 7.32. The van der Waals surface area contributed by atoms with Gasteiger partial charge in [-0.05, 0) is 43.2 Å². The number of ether oxygens (including phenoxy) is 1. The van der Waals surface area contributed by atoms with E-state index < -0.39 is 0 Å². The third-order valence-corrected chi connectivity index (χ3v) is 3.62. The van der Waals surface area contributed by atoms with Crippen LogP contribution in [-0.2, 0) is 4.74 Å². The summed E-state index contributed by atoms with van der Waals surface area (Å²) in [4.78, 5) is 0. The van der Waals surface area contributed by atoms with Crippen molar-refractivity contribution in [1.82, 2.24) is 5.32 Å². The van der Waals surface area contributed by atoms with Gasteiger partial charge in [0.15, 0.2) is 0 Å². The summed E-state index contributed by atoms with van der Waals surface area (Å²) >= 11 is 2.08. The Morgan fingerprint density at radius 1 is 1.33 bits per heavy atom. The van der Waals surface area contributed by atoms with E-state index in [-0.39, 0.29) is 0 Å².